The molecule has 1 aromatic carbocycles. The zero-order valence-electron chi connectivity index (χ0n) is 16.9. The summed E-state index contributed by atoms with van der Waals surface area (Å²) < 4.78 is 22.4. The molecule has 6 nitrogen and oxygen atoms in total. The highest BCUT2D eigenvalue weighted by atomic mass is 16.6. The number of carbonyl (C=O) groups is 2. The fraction of sp³-hybridized carbons (Fsp3) is 0.619. The highest BCUT2D eigenvalue weighted by molar-refractivity contribution is 5.87. The standard InChI is InChI=1S/C21H28O6/c1-13-7-8-15(24-6)14(9-13)21(10-19(2,3)11-26-21)18(23)27-16-17(22)25-12-20(16,4)5/h7-9,16H,10-12H2,1-6H3/t16-,21+/m0/s1. The molecule has 2 aliphatic heterocycles. The predicted octanol–water partition coefficient (Wildman–Crippen LogP) is 3.14. The van der Waals surface area contributed by atoms with Gasteiger partial charge in [-0.25, -0.2) is 9.59 Å². The van der Waals surface area contributed by atoms with Crippen LogP contribution in [0.15, 0.2) is 18.2 Å². The summed E-state index contributed by atoms with van der Waals surface area (Å²) in [4.78, 5) is 25.5. The summed E-state index contributed by atoms with van der Waals surface area (Å²) in [6.07, 6.45) is -0.522. The average molecular weight is 376 g/mol. The van der Waals surface area contributed by atoms with Gasteiger partial charge >= 0.3 is 11.9 Å². The topological polar surface area (TPSA) is 71.1 Å². The van der Waals surface area contributed by atoms with Gasteiger partial charge in [0.1, 0.15) is 12.4 Å². The smallest absolute Gasteiger partial charge is 0.348 e. The Labute approximate surface area is 160 Å². The van der Waals surface area contributed by atoms with E-state index < -0.39 is 29.1 Å². The number of hydrogen-bond donors (Lipinski definition) is 0. The Kier molecular flexibility index (Phi) is 4.75. The summed E-state index contributed by atoms with van der Waals surface area (Å²) in [5.41, 5.74) is -0.519. The van der Waals surface area contributed by atoms with Crippen LogP contribution in [0.25, 0.3) is 0 Å². The molecule has 2 aliphatic rings. The third kappa shape index (κ3) is 3.43. The van der Waals surface area contributed by atoms with Gasteiger partial charge in [-0.15, -0.1) is 0 Å². The molecule has 2 saturated heterocycles. The minimum absolute atomic E-state index is 0.219. The zero-order valence-corrected chi connectivity index (χ0v) is 16.9. The molecular weight excluding hydrogens is 348 g/mol. The van der Waals surface area contributed by atoms with Crippen LogP contribution in [0.5, 0.6) is 5.75 Å². The molecule has 0 aliphatic carbocycles. The van der Waals surface area contributed by atoms with Crippen molar-refractivity contribution < 1.29 is 28.5 Å². The molecule has 2 fully saturated rings. The van der Waals surface area contributed by atoms with E-state index in [1.807, 2.05) is 52.8 Å². The Balaban J connectivity index is 2.04. The molecule has 0 amide bonds. The van der Waals surface area contributed by atoms with Gasteiger partial charge in [0.15, 0.2) is 5.60 Å². The second-order valence-corrected chi connectivity index (χ2v) is 9.04. The molecule has 0 N–H and O–H groups in total. The average Bonchev–Trinajstić information content (AvgIpc) is 3.06. The zero-order chi connectivity index (χ0) is 20.0. The molecule has 0 aromatic heterocycles. The first-order valence-electron chi connectivity index (χ1n) is 9.18. The van der Waals surface area contributed by atoms with Crippen molar-refractivity contribution in [3.8, 4) is 5.75 Å². The molecule has 0 bridgehead atoms. The number of methoxy groups -OCH3 is 1. The van der Waals surface area contributed by atoms with Crippen LogP contribution in [0, 0.1) is 17.8 Å². The maximum Gasteiger partial charge on any atom is 0.348 e. The number of cyclic esters (lactones) is 1. The highest BCUT2D eigenvalue weighted by Gasteiger charge is 2.57. The van der Waals surface area contributed by atoms with Crippen molar-refractivity contribution in [1.82, 2.24) is 0 Å². The molecule has 2 atom stereocenters. The van der Waals surface area contributed by atoms with Gasteiger partial charge in [0.2, 0.25) is 6.10 Å². The largest absolute Gasteiger partial charge is 0.496 e. The lowest BCUT2D eigenvalue weighted by atomic mass is 9.79. The first-order chi connectivity index (χ1) is 12.5. The van der Waals surface area contributed by atoms with Crippen LogP contribution in [0.1, 0.15) is 45.2 Å². The van der Waals surface area contributed by atoms with E-state index in [0.29, 0.717) is 24.3 Å². The van der Waals surface area contributed by atoms with E-state index in [2.05, 4.69) is 0 Å². The van der Waals surface area contributed by atoms with Crippen LogP contribution in [0.3, 0.4) is 0 Å². The van der Waals surface area contributed by atoms with Crippen molar-refractivity contribution in [3.05, 3.63) is 29.3 Å². The monoisotopic (exact) mass is 376 g/mol. The fourth-order valence-electron chi connectivity index (χ4n) is 3.78. The summed E-state index contributed by atoms with van der Waals surface area (Å²) in [6, 6.07) is 5.63. The maximum atomic E-state index is 13.4. The van der Waals surface area contributed by atoms with Crippen molar-refractivity contribution in [1.29, 1.82) is 0 Å². The number of carbonyl (C=O) groups excluding carboxylic acids is 2. The van der Waals surface area contributed by atoms with Crippen molar-refractivity contribution in [2.45, 2.75) is 52.7 Å². The lowest BCUT2D eigenvalue weighted by Gasteiger charge is -2.32. The molecule has 2 heterocycles. The Hall–Kier alpha value is -2.08. The quantitative estimate of drug-likeness (QED) is 0.752. The summed E-state index contributed by atoms with van der Waals surface area (Å²) in [7, 11) is 1.56. The van der Waals surface area contributed by atoms with Gasteiger partial charge in [0.05, 0.1) is 13.7 Å². The Morgan fingerprint density at radius 2 is 1.89 bits per heavy atom. The second kappa shape index (κ2) is 6.51. The van der Waals surface area contributed by atoms with Crippen molar-refractivity contribution in [2.24, 2.45) is 10.8 Å². The van der Waals surface area contributed by atoms with Gasteiger partial charge in [-0.3, -0.25) is 0 Å². The van der Waals surface area contributed by atoms with Crippen LogP contribution >= 0.6 is 0 Å². The van der Waals surface area contributed by atoms with E-state index in [4.69, 9.17) is 18.9 Å². The fourth-order valence-corrected chi connectivity index (χ4v) is 3.78. The van der Waals surface area contributed by atoms with Crippen LogP contribution in [-0.2, 0) is 29.4 Å². The number of ether oxygens (including phenoxy) is 4. The first-order valence-corrected chi connectivity index (χ1v) is 9.18. The van der Waals surface area contributed by atoms with Gasteiger partial charge in [-0.2, -0.15) is 0 Å². The molecule has 0 radical (unpaired) electrons. The number of aryl methyl sites for hydroxylation is 1. The first kappa shape index (κ1) is 19.7. The van der Waals surface area contributed by atoms with E-state index in [1.54, 1.807) is 7.11 Å². The van der Waals surface area contributed by atoms with Crippen LogP contribution in [0.4, 0.5) is 0 Å². The Morgan fingerprint density at radius 3 is 2.41 bits per heavy atom. The van der Waals surface area contributed by atoms with Gasteiger partial charge in [-0.1, -0.05) is 39.3 Å². The van der Waals surface area contributed by atoms with Crippen LogP contribution < -0.4 is 4.74 Å². The summed E-state index contributed by atoms with van der Waals surface area (Å²) in [6.45, 7) is 10.3. The molecule has 0 spiro atoms. The van der Waals surface area contributed by atoms with E-state index in [9.17, 15) is 9.59 Å². The molecule has 0 saturated carbocycles. The number of rotatable bonds is 4. The SMILES string of the molecule is COc1ccc(C)cc1[C@@]1(C(=O)O[C@H]2C(=O)OCC2(C)C)CC(C)(C)CO1. The van der Waals surface area contributed by atoms with E-state index >= 15 is 0 Å². The van der Waals surface area contributed by atoms with Crippen LogP contribution in [0.2, 0.25) is 0 Å². The van der Waals surface area contributed by atoms with E-state index in [0.717, 1.165) is 5.56 Å². The number of esters is 2. The second-order valence-electron chi connectivity index (χ2n) is 9.04. The minimum Gasteiger partial charge on any atom is -0.496 e. The molecule has 3 rings (SSSR count). The third-order valence-corrected chi connectivity index (χ3v) is 5.29. The normalized spacial score (nSPS) is 28.7. The lowest BCUT2D eigenvalue weighted by Crippen LogP contribution is -2.44. The maximum absolute atomic E-state index is 13.4. The predicted molar refractivity (Wildman–Crippen MR) is 98.4 cm³/mol. The summed E-state index contributed by atoms with van der Waals surface area (Å²) in [5.74, 6) is -0.533. The van der Waals surface area contributed by atoms with Gasteiger partial charge < -0.3 is 18.9 Å². The molecule has 6 heteroatoms. The Morgan fingerprint density at radius 1 is 1.19 bits per heavy atom. The van der Waals surface area contributed by atoms with E-state index in [1.165, 1.54) is 0 Å². The summed E-state index contributed by atoms with van der Waals surface area (Å²) in [5, 5.41) is 0. The van der Waals surface area contributed by atoms with Gasteiger partial charge in [0, 0.05) is 11.0 Å². The molecule has 148 valence electrons. The van der Waals surface area contributed by atoms with Crippen molar-refractivity contribution in [3.63, 3.8) is 0 Å². The van der Waals surface area contributed by atoms with Gasteiger partial charge in [0.25, 0.3) is 0 Å². The van der Waals surface area contributed by atoms with Crippen molar-refractivity contribution in [2.75, 3.05) is 20.3 Å². The molecule has 1 aromatic rings. The molecule has 27 heavy (non-hydrogen) atoms. The molecular formula is C21H28O6. The van der Waals surface area contributed by atoms with Crippen molar-refractivity contribution >= 4 is 11.9 Å². The highest BCUT2D eigenvalue weighted by Crippen LogP contribution is 2.49. The summed E-state index contributed by atoms with van der Waals surface area (Å²) >= 11 is 0. The number of benzene rings is 1. The van der Waals surface area contributed by atoms with Crippen LogP contribution in [-0.4, -0.2) is 38.4 Å². The van der Waals surface area contributed by atoms with Gasteiger partial charge in [-0.05, 0) is 30.9 Å². The lowest BCUT2D eigenvalue weighted by molar-refractivity contribution is -0.181. The third-order valence-electron chi connectivity index (χ3n) is 5.29. The number of hydrogen-bond acceptors (Lipinski definition) is 6. The Bertz CT molecular complexity index is 766. The van der Waals surface area contributed by atoms with E-state index in [-0.39, 0.29) is 12.0 Å². The molecule has 0 unspecified atom stereocenters. The minimum atomic E-state index is -1.32.